The highest BCUT2D eigenvalue weighted by atomic mass is 16.2. The van der Waals surface area contributed by atoms with E-state index in [0.717, 1.165) is 17.8 Å². The summed E-state index contributed by atoms with van der Waals surface area (Å²) in [5.74, 6) is -0.0552. The van der Waals surface area contributed by atoms with Gasteiger partial charge in [-0.15, -0.1) is 0 Å². The molecule has 2 unspecified atom stereocenters. The Labute approximate surface area is 161 Å². The first-order chi connectivity index (χ1) is 12.9. The van der Waals surface area contributed by atoms with E-state index in [9.17, 15) is 9.59 Å². The van der Waals surface area contributed by atoms with Crippen LogP contribution in [-0.2, 0) is 9.59 Å². The molecule has 27 heavy (non-hydrogen) atoms. The SMILES string of the molecule is CC(=O)N1CC(C(=O)Nc2ccc(N(C)C)cc2)CC(c2ccccc2)C1. The molecule has 5 nitrogen and oxygen atoms in total. The summed E-state index contributed by atoms with van der Waals surface area (Å²) in [6.07, 6.45) is 0.745. The van der Waals surface area contributed by atoms with Gasteiger partial charge >= 0.3 is 0 Å². The zero-order valence-corrected chi connectivity index (χ0v) is 16.2. The van der Waals surface area contributed by atoms with E-state index in [1.54, 1.807) is 11.8 Å². The minimum absolute atomic E-state index is 0.0174. The van der Waals surface area contributed by atoms with Crippen molar-refractivity contribution in [3.05, 3.63) is 60.2 Å². The number of benzene rings is 2. The van der Waals surface area contributed by atoms with Crippen LogP contribution in [0.25, 0.3) is 0 Å². The second kappa shape index (κ2) is 8.25. The van der Waals surface area contributed by atoms with Gasteiger partial charge in [-0.25, -0.2) is 0 Å². The van der Waals surface area contributed by atoms with Gasteiger partial charge < -0.3 is 15.1 Å². The van der Waals surface area contributed by atoms with E-state index in [0.29, 0.717) is 13.1 Å². The van der Waals surface area contributed by atoms with E-state index in [2.05, 4.69) is 17.4 Å². The Morgan fingerprint density at radius 1 is 1.00 bits per heavy atom. The Hall–Kier alpha value is -2.82. The summed E-state index contributed by atoms with van der Waals surface area (Å²) in [4.78, 5) is 28.7. The van der Waals surface area contributed by atoms with Crippen LogP contribution in [0.4, 0.5) is 11.4 Å². The molecule has 5 heteroatoms. The van der Waals surface area contributed by atoms with Crippen molar-refractivity contribution in [3.63, 3.8) is 0 Å². The van der Waals surface area contributed by atoms with Crippen LogP contribution < -0.4 is 10.2 Å². The van der Waals surface area contributed by atoms with Crippen LogP contribution in [0.3, 0.4) is 0 Å². The third-order valence-electron chi connectivity index (χ3n) is 5.19. The number of anilines is 2. The fourth-order valence-electron chi connectivity index (χ4n) is 3.60. The average molecular weight is 365 g/mol. The molecule has 2 amide bonds. The van der Waals surface area contributed by atoms with Gasteiger partial charge in [0.05, 0.1) is 5.92 Å². The zero-order chi connectivity index (χ0) is 19.4. The van der Waals surface area contributed by atoms with Gasteiger partial charge in [0.25, 0.3) is 0 Å². The first-order valence-electron chi connectivity index (χ1n) is 9.32. The predicted octanol–water partition coefficient (Wildman–Crippen LogP) is 3.34. The molecule has 0 spiro atoms. The number of nitrogens with zero attached hydrogens (tertiary/aromatic N) is 2. The number of hydrogen-bond acceptors (Lipinski definition) is 3. The molecule has 1 aliphatic heterocycles. The zero-order valence-electron chi connectivity index (χ0n) is 16.2. The van der Waals surface area contributed by atoms with Crippen molar-refractivity contribution in [2.45, 2.75) is 19.3 Å². The van der Waals surface area contributed by atoms with Gasteiger partial charge in [-0.05, 0) is 36.2 Å². The molecule has 0 radical (unpaired) electrons. The van der Waals surface area contributed by atoms with E-state index < -0.39 is 0 Å². The van der Waals surface area contributed by atoms with Crippen LogP contribution in [0.1, 0.15) is 24.8 Å². The number of amides is 2. The highest BCUT2D eigenvalue weighted by Crippen LogP contribution is 2.31. The van der Waals surface area contributed by atoms with Crippen molar-refractivity contribution in [1.29, 1.82) is 0 Å². The third kappa shape index (κ3) is 4.67. The molecule has 0 aliphatic carbocycles. The summed E-state index contributed by atoms with van der Waals surface area (Å²) in [5, 5.41) is 3.01. The number of likely N-dealkylation sites (tertiary alicyclic amines) is 1. The summed E-state index contributed by atoms with van der Waals surface area (Å²) >= 11 is 0. The largest absolute Gasteiger partial charge is 0.378 e. The van der Waals surface area contributed by atoms with Crippen molar-refractivity contribution < 1.29 is 9.59 Å². The lowest BCUT2D eigenvalue weighted by atomic mass is 9.84. The summed E-state index contributed by atoms with van der Waals surface area (Å²) in [5.41, 5.74) is 3.04. The second-order valence-electron chi connectivity index (χ2n) is 7.39. The van der Waals surface area contributed by atoms with Crippen LogP contribution in [0.5, 0.6) is 0 Å². The van der Waals surface area contributed by atoms with Gasteiger partial charge in [-0.2, -0.15) is 0 Å². The van der Waals surface area contributed by atoms with Crippen LogP contribution in [0.15, 0.2) is 54.6 Å². The van der Waals surface area contributed by atoms with E-state index in [4.69, 9.17) is 0 Å². The van der Waals surface area contributed by atoms with Crippen molar-refractivity contribution in [2.75, 3.05) is 37.4 Å². The average Bonchev–Trinajstić information content (AvgIpc) is 2.68. The van der Waals surface area contributed by atoms with Gasteiger partial charge in [-0.3, -0.25) is 9.59 Å². The molecule has 1 fully saturated rings. The number of carbonyl (C=O) groups excluding carboxylic acids is 2. The first kappa shape index (κ1) is 19.0. The predicted molar refractivity (Wildman–Crippen MR) is 109 cm³/mol. The Bertz CT molecular complexity index is 787. The standard InChI is InChI=1S/C22H27N3O2/c1-16(26)25-14-18(17-7-5-4-6-8-17)13-19(15-25)22(27)23-20-9-11-21(12-10-20)24(2)3/h4-12,18-19H,13-15H2,1-3H3,(H,23,27). The normalized spacial score (nSPS) is 19.4. The molecule has 2 aromatic carbocycles. The molecular weight excluding hydrogens is 338 g/mol. The lowest BCUT2D eigenvalue weighted by Gasteiger charge is -2.37. The number of hydrogen-bond donors (Lipinski definition) is 1. The lowest BCUT2D eigenvalue weighted by Crippen LogP contribution is -2.45. The Morgan fingerprint density at radius 3 is 2.26 bits per heavy atom. The van der Waals surface area contributed by atoms with Gasteiger partial charge in [0.1, 0.15) is 0 Å². The van der Waals surface area contributed by atoms with Crippen molar-refractivity contribution in [1.82, 2.24) is 4.90 Å². The van der Waals surface area contributed by atoms with Crippen molar-refractivity contribution >= 4 is 23.2 Å². The van der Waals surface area contributed by atoms with Gasteiger partial charge in [-0.1, -0.05) is 30.3 Å². The quantitative estimate of drug-likeness (QED) is 0.904. The Balaban J connectivity index is 1.73. The highest BCUT2D eigenvalue weighted by molar-refractivity contribution is 5.93. The summed E-state index contributed by atoms with van der Waals surface area (Å²) < 4.78 is 0. The van der Waals surface area contributed by atoms with Gasteiger partial charge in [0, 0.05) is 51.4 Å². The Morgan fingerprint density at radius 2 is 1.67 bits per heavy atom. The number of rotatable bonds is 4. The molecule has 3 rings (SSSR count). The molecule has 0 aromatic heterocycles. The topological polar surface area (TPSA) is 52.7 Å². The molecular formula is C22H27N3O2. The highest BCUT2D eigenvalue weighted by Gasteiger charge is 2.33. The maximum absolute atomic E-state index is 12.9. The molecule has 2 atom stereocenters. The minimum atomic E-state index is -0.221. The molecule has 0 saturated carbocycles. The number of nitrogens with one attached hydrogen (secondary N) is 1. The molecule has 0 bridgehead atoms. The Kier molecular flexibility index (Phi) is 5.79. The van der Waals surface area contributed by atoms with Gasteiger partial charge in [0.2, 0.25) is 11.8 Å². The number of piperidine rings is 1. The minimum Gasteiger partial charge on any atom is -0.378 e. The third-order valence-corrected chi connectivity index (χ3v) is 5.19. The van der Waals surface area contributed by atoms with Crippen molar-refractivity contribution in [2.24, 2.45) is 5.92 Å². The smallest absolute Gasteiger partial charge is 0.229 e. The molecule has 1 saturated heterocycles. The summed E-state index contributed by atoms with van der Waals surface area (Å²) in [6, 6.07) is 17.9. The lowest BCUT2D eigenvalue weighted by molar-refractivity contribution is -0.133. The maximum Gasteiger partial charge on any atom is 0.229 e. The molecule has 1 aliphatic rings. The van der Waals surface area contributed by atoms with E-state index in [-0.39, 0.29) is 23.7 Å². The van der Waals surface area contributed by atoms with E-state index in [1.807, 2.05) is 61.5 Å². The van der Waals surface area contributed by atoms with Crippen LogP contribution in [0, 0.1) is 5.92 Å². The van der Waals surface area contributed by atoms with Gasteiger partial charge in [0.15, 0.2) is 0 Å². The molecule has 2 aromatic rings. The maximum atomic E-state index is 12.9. The first-order valence-corrected chi connectivity index (χ1v) is 9.32. The second-order valence-corrected chi connectivity index (χ2v) is 7.39. The fraction of sp³-hybridized carbons (Fsp3) is 0.364. The van der Waals surface area contributed by atoms with Crippen LogP contribution >= 0.6 is 0 Å². The molecule has 1 heterocycles. The van der Waals surface area contributed by atoms with E-state index >= 15 is 0 Å². The van der Waals surface area contributed by atoms with E-state index in [1.165, 1.54) is 5.56 Å². The monoisotopic (exact) mass is 365 g/mol. The molecule has 142 valence electrons. The molecule has 1 N–H and O–H groups in total. The summed E-state index contributed by atoms with van der Waals surface area (Å²) in [7, 11) is 3.96. The van der Waals surface area contributed by atoms with Crippen LogP contribution in [-0.4, -0.2) is 43.9 Å². The van der Waals surface area contributed by atoms with Crippen LogP contribution in [0.2, 0.25) is 0 Å². The fourth-order valence-corrected chi connectivity index (χ4v) is 3.60. The van der Waals surface area contributed by atoms with Crippen molar-refractivity contribution in [3.8, 4) is 0 Å². The summed E-state index contributed by atoms with van der Waals surface area (Å²) in [6.45, 7) is 2.71. The number of carbonyl (C=O) groups is 2.